The van der Waals surface area contributed by atoms with Crippen LogP contribution in [0.1, 0.15) is 6.92 Å². The predicted octanol–water partition coefficient (Wildman–Crippen LogP) is 5.90. The minimum absolute atomic E-state index is 0.0421. The van der Waals surface area contributed by atoms with Crippen LogP contribution in [-0.2, 0) is 4.79 Å². The molecule has 3 aromatic rings. The van der Waals surface area contributed by atoms with Gasteiger partial charge in [0.05, 0.1) is 21.4 Å². The van der Waals surface area contributed by atoms with E-state index in [1.165, 1.54) is 29.5 Å². The Kier molecular flexibility index (Phi) is 5.77. The van der Waals surface area contributed by atoms with E-state index in [1.807, 2.05) is 0 Å². The number of aromatic nitrogens is 1. The highest BCUT2D eigenvalue weighted by atomic mass is 35.5. The summed E-state index contributed by atoms with van der Waals surface area (Å²) in [5.74, 6) is -0.411. The molecule has 0 bridgehead atoms. The molecule has 0 spiro atoms. The molecule has 1 aliphatic heterocycles. The van der Waals surface area contributed by atoms with Crippen molar-refractivity contribution in [1.82, 2.24) is 4.98 Å². The van der Waals surface area contributed by atoms with Crippen LogP contribution < -0.4 is 5.01 Å². The van der Waals surface area contributed by atoms with Gasteiger partial charge in [0.25, 0.3) is 11.6 Å². The lowest BCUT2D eigenvalue weighted by atomic mass is 10.1. The Bertz CT molecular complexity index is 1260. The third-order valence-electron chi connectivity index (χ3n) is 4.31. The summed E-state index contributed by atoms with van der Waals surface area (Å²) < 4.78 is 0. The molecule has 0 saturated heterocycles. The Balaban J connectivity index is 1.56. The Labute approximate surface area is 189 Å². The molecular formula is C19H12Cl2N6O3S. The number of carbonyl (C=O) groups excluding carboxylic acids is 1. The summed E-state index contributed by atoms with van der Waals surface area (Å²) in [6.45, 7) is 1.67. The summed E-state index contributed by atoms with van der Waals surface area (Å²) in [5, 5.41) is 27.4. The van der Waals surface area contributed by atoms with Crippen molar-refractivity contribution in [2.45, 2.75) is 13.0 Å². The van der Waals surface area contributed by atoms with Gasteiger partial charge in [-0.05, 0) is 25.1 Å². The molecule has 156 valence electrons. The van der Waals surface area contributed by atoms with Crippen LogP contribution in [0.15, 0.2) is 63.2 Å². The Morgan fingerprint density at radius 2 is 2.03 bits per heavy atom. The molecule has 9 nitrogen and oxygen atoms in total. The van der Waals surface area contributed by atoms with Gasteiger partial charge in [-0.3, -0.25) is 14.9 Å². The third kappa shape index (κ3) is 4.31. The Morgan fingerprint density at radius 1 is 1.23 bits per heavy atom. The fourth-order valence-electron chi connectivity index (χ4n) is 2.78. The molecule has 0 fully saturated rings. The first-order valence-corrected chi connectivity index (χ1v) is 10.4. The summed E-state index contributed by atoms with van der Waals surface area (Å²) in [6, 6.07) is 9.96. The highest BCUT2D eigenvalue weighted by molar-refractivity contribution is 7.14. The van der Waals surface area contributed by atoms with Gasteiger partial charge in [-0.25, -0.2) is 4.98 Å². The minimum atomic E-state index is -0.906. The van der Waals surface area contributed by atoms with Crippen LogP contribution in [0.3, 0.4) is 0 Å². The van der Waals surface area contributed by atoms with Crippen molar-refractivity contribution in [3.8, 4) is 11.3 Å². The van der Waals surface area contributed by atoms with E-state index in [0.29, 0.717) is 37.8 Å². The second kappa shape index (κ2) is 8.50. The zero-order chi connectivity index (χ0) is 22.1. The zero-order valence-corrected chi connectivity index (χ0v) is 18.1. The molecular weight excluding hydrogens is 463 g/mol. The molecule has 1 aromatic heterocycles. The van der Waals surface area contributed by atoms with E-state index >= 15 is 0 Å². The fraction of sp³-hybridized carbons (Fsp3) is 0.105. The fourth-order valence-corrected chi connectivity index (χ4v) is 4.02. The average Bonchev–Trinajstić information content (AvgIpc) is 3.33. The number of amides is 1. The first kappa shape index (κ1) is 21.0. The van der Waals surface area contributed by atoms with E-state index < -0.39 is 16.9 Å². The molecule has 0 unspecified atom stereocenters. The monoisotopic (exact) mass is 474 g/mol. The number of hydrazone groups is 1. The van der Waals surface area contributed by atoms with Crippen molar-refractivity contribution in [2.24, 2.45) is 15.3 Å². The van der Waals surface area contributed by atoms with Gasteiger partial charge in [0.2, 0.25) is 5.13 Å². The highest BCUT2D eigenvalue weighted by Gasteiger charge is 2.36. The molecule has 1 atom stereocenters. The number of nitro groups is 1. The number of halogens is 2. The predicted molar refractivity (Wildman–Crippen MR) is 120 cm³/mol. The van der Waals surface area contributed by atoms with Gasteiger partial charge in [-0.2, -0.15) is 20.3 Å². The number of nitrogens with zero attached hydrogens (tertiary/aromatic N) is 6. The second-order valence-corrected chi connectivity index (χ2v) is 8.11. The highest BCUT2D eigenvalue weighted by Crippen LogP contribution is 2.33. The van der Waals surface area contributed by atoms with Gasteiger partial charge in [0.1, 0.15) is 5.69 Å². The summed E-state index contributed by atoms with van der Waals surface area (Å²) >= 11 is 13.2. The lowest BCUT2D eigenvalue weighted by Gasteiger charge is -2.08. The van der Waals surface area contributed by atoms with Crippen LogP contribution in [-0.4, -0.2) is 27.6 Å². The van der Waals surface area contributed by atoms with Gasteiger partial charge in [0, 0.05) is 28.1 Å². The van der Waals surface area contributed by atoms with Crippen molar-refractivity contribution >= 4 is 62.7 Å². The third-order valence-corrected chi connectivity index (χ3v) is 5.67. The number of carbonyl (C=O) groups is 1. The number of benzene rings is 2. The number of hydrogen-bond acceptors (Lipinski definition) is 8. The lowest BCUT2D eigenvalue weighted by molar-refractivity contribution is -0.384. The van der Waals surface area contributed by atoms with Gasteiger partial charge in [-0.15, -0.1) is 11.3 Å². The SMILES string of the molecule is CC1=NN(c2nc(-c3cccc([N+](=O)[O-])c3)cs2)C(=O)[C@H]1N=Nc1ccc(Cl)cc1Cl. The second-order valence-electron chi connectivity index (χ2n) is 6.43. The molecule has 2 aromatic carbocycles. The van der Waals surface area contributed by atoms with Crippen molar-refractivity contribution in [1.29, 1.82) is 0 Å². The summed E-state index contributed by atoms with van der Waals surface area (Å²) in [6.07, 6.45) is 0. The quantitative estimate of drug-likeness (QED) is 0.260. The maximum Gasteiger partial charge on any atom is 0.282 e. The number of rotatable bonds is 5. The number of non-ortho nitro benzene ring substituents is 1. The first-order valence-electron chi connectivity index (χ1n) is 8.79. The molecule has 1 amide bonds. The smallest absolute Gasteiger partial charge is 0.269 e. The summed E-state index contributed by atoms with van der Waals surface area (Å²) in [7, 11) is 0. The molecule has 12 heteroatoms. The maximum atomic E-state index is 12.8. The standard InChI is InChI=1S/C19H12Cl2N6O3S/c1-10-17(24-23-15-6-5-12(20)8-14(15)21)18(28)26(25-10)19-22-16(9-31-19)11-3-2-4-13(7-11)27(29)30/h2-9,17H,1H3/t17-/m0/s1. The Morgan fingerprint density at radius 3 is 2.77 bits per heavy atom. The van der Waals surface area contributed by atoms with Crippen LogP contribution in [0.25, 0.3) is 11.3 Å². The molecule has 31 heavy (non-hydrogen) atoms. The lowest BCUT2D eigenvalue weighted by Crippen LogP contribution is -2.29. The number of azo groups is 1. The molecule has 2 heterocycles. The van der Waals surface area contributed by atoms with Crippen LogP contribution >= 0.6 is 34.5 Å². The van der Waals surface area contributed by atoms with Crippen LogP contribution in [0.2, 0.25) is 10.0 Å². The molecule has 0 aliphatic carbocycles. The topological polar surface area (TPSA) is 113 Å². The first-order chi connectivity index (χ1) is 14.8. The van der Waals surface area contributed by atoms with Crippen LogP contribution in [0, 0.1) is 10.1 Å². The number of hydrogen-bond donors (Lipinski definition) is 0. The molecule has 0 saturated carbocycles. The van der Waals surface area contributed by atoms with Gasteiger partial charge in [-0.1, -0.05) is 35.3 Å². The molecule has 4 rings (SSSR count). The van der Waals surface area contributed by atoms with E-state index in [0.717, 1.165) is 5.01 Å². The van der Waals surface area contributed by atoms with E-state index in [2.05, 4.69) is 20.3 Å². The Hall–Kier alpha value is -3.21. The number of nitro benzene ring substituents is 1. The van der Waals surface area contributed by atoms with Crippen molar-refractivity contribution in [3.05, 3.63) is 68.0 Å². The van der Waals surface area contributed by atoms with E-state index in [4.69, 9.17) is 23.2 Å². The summed E-state index contributed by atoms with van der Waals surface area (Å²) in [4.78, 5) is 27.8. The van der Waals surface area contributed by atoms with Gasteiger partial charge < -0.3 is 0 Å². The number of thiazole rings is 1. The molecule has 0 N–H and O–H groups in total. The van der Waals surface area contributed by atoms with E-state index in [-0.39, 0.29) is 5.69 Å². The van der Waals surface area contributed by atoms with Crippen molar-refractivity contribution < 1.29 is 9.72 Å². The van der Waals surface area contributed by atoms with E-state index in [1.54, 1.807) is 36.6 Å². The van der Waals surface area contributed by atoms with Gasteiger partial charge in [0.15, 0.2) is 6.04 Å². The number of anilines is 1. The normalized spacial score (nSPS) is 16.2. The minimum Gasteiger partial charge on any atom is -0.269 e. The zero-order valence-electron chi connectivity index (χ0n) is 15.8. The molecule has 0 radical (unpaired) electrons. The largest absolute Gasteiger partial charge is 0.282 e. The van der Waals surface area contributed by atoms with E-state index in [9.17, 15) is 14.9 Å². The summed E-state index contributed by atoms with van der Waals surface area (Å²) in [5.41, 5.74) is 1.86. The maximum absolute atomic E-state index is 12.8. The van der Waals surface area contributed by atoms with Crippen molar-refractivity contribution in [3.63, 3.8) is 0 Å². The van der Waals surface area contributed by atoms with Crippen LogP contribution in [0.4, 0.5) is 16.5 Å². The average molecular weight is 475 g/mol. The van der Waals surface area contributed by atoms with Crippen molar-refractivity contribution in [2.75, 3.05) is 5.01 Å². The van der Waals surface area contributed by atoms with Crippen LogP contribution in [0.5, 0.6) is 0 Å². The molecule has 1 aliphatic rings. The van der Waals surface area contributed by atoms with Gasteiger partial charge >= 0.3 is 0 Å².